The molecule has 6 nitrogen and oxygen atoms in total. The normalized spacial score (nSPS) is 17.6. The maximum Gasteiger partial charge on any atom is 0.255 e. The van der Waals surface area contributed by atoms with Crippen LogP contribution in [0.3, 0.4) is 0 Å². The first-order valence-corrected chi connectivity index (χ1v) is 13.9. The topological polar surface area (TPSA) is 69.7 Å². The number of thioether (sulfide) groups is 1. The molecule has 3 amide bonds. The number of para-hydroxylation sites is 1. The molecule has 0 aromatic heterocycles. The lowest BCUT2D eigenvalue weighted by molar-refractivity contribution is -0.128. The maximum absolute atomic E-state index is 13.1. The van der Waals surface area contributed by atoms with Crippen LogP contribution in [0.15, 0.2) is 78.9 Å². The van der Waals surface area contributed by atoms with Crippen LogP contribution >= 0.6 is 11.8 Å². The van der Waals surface area contributed by atoms with Crippen LogP contribution in [0.1, 0.15) is 56.5 Å². The predicted molar refractivity (Wildman–Crippen MR) is 148 cm³/mol. The van der Waals surface area contributed by atoms with Crippen molar-refractivity contribution in [1.29, 1.82) is 0 Å². The van der Waals surface area contributed by atoms with Gasteiger partial charge in [-0.05, 0) is 61.1 Å². The smallest absolute Gasteiger partial charge is 0.255 e. The number of benzene rings is 3. The van der Waals surface area contributed by atoms with Gasteiger partial charge in [0.05, 0.1) is 17.0 Å². The van der Waals surface area contributed by atoms with Crippen LogP contribution in [0.5, 0.6) is 0 Å². The molecular formula is C30H31N3O3S. The van der Waals surface area contributed by atoms with Crippen LogP contribution in [0, 0.1) is 0 Å². The van der Waals surface area contributed by atoms with E-state index in [4.69, 9.17) is 0 Å². The van der Waals surface area contributed by atoms with Crippen LogP contribution in [0.25, 0.3) is 0 Å². The van der Waals surface area contributed by atoms with Crippen molar-refractivity contribution in [2.45, 2.75) is 31.1 Å². The number of hydrogen-bond acceptors (Lipinski definition) is 4. The molecule has 2 fully saturated rings. The Morgan fingerprint density at radius 2 is 1.57 bits per heavy atom. The minimum Gasteiger partial charge on any atom is -0.339 e. The molecule has 3 aromatic carbocycles. The summed E-state index contributed by atoms with van der Waals surface area (Å²) in [6.45, 7) is 2.17. The first-order valence-electron chi connectivity index (χ1n) is 12.8. The van der Waals surface area contributed by atoms with E-state index in [0.29, 0.717) is 29.1 Å². The number of carbonyl (C=O) groups excluding carboxylic acids is 3. The Bertz CT molecular complexity index is 1260. The molecule has 5 rings (SSSR count). The second kappa shape index (κ2) is 11.6. The van der Waals surface area contributed by atoms with Crippen molar-refractivity contribution >= 4 is 35.2 Å². The van der Waals surface area contributed by atoms with E-state index in [1.807, 2.05) is 52.3 Å². The van der Waals surface area contributed by atoms with E-state index in [9.17, 15) is 14.4 Å². The second-order valence-electron chi connectivity index (χ2n) is 9.46. The summed E-state index contributed by atoms with van der Waals surface area (Å²) in [5.74, 6) is 0.303. The molecule has 37 heavy (non-hydrogen) atoms. The van der Waals surface area contributed by atoms with E-state index in [1.165, 1.54) is 5.56 Å². The molecule has 0 saturated carbocycles. The molecule has 1 N–H and O–H groups in total. The molecule has 190 valence electrons. The van der Waals surface area contributed by atoms with E-state index in [0.717, 1.165) is 44.3 Å². The zero-order valence-electron chi connectivity index (χ0n) is 20.8. The Labute approximate surface area is 222 Å². The molecule has 0 unspecified atom stereocenters. The monoisotopic (exact) mass is 513 g/mol. The summed E-state index contributed by atoms with van der Waals surface area (Å²) in [6.07, 6.45) is 3.98. The van der Waals surface area contributed by atoms with Gasteiger partial charge in [0.1, 0.15) is 5.37 Å². The quantitative estimate of drug-likeness (QED) is 0.460. The standard InChI is InChI=1S/C30H31N3O3S/c34-27-21-37-30(33(27)20-17-22-9-3-1-4-10-22)24-15-13-23(14-16-24)28(35)31-26-12-6-5-11-25(26)29(36)32-18-7-2-8-19-32/h1,3-6,9-16,30H,2,7-8,17-21H2,(H,31,35)/t30-/m1/s1. The summed E-state index contributed by atoms with van der Waals surface area (Å²) in [6, 6.07) is 24.8. The molecule has 1 atom stereocenters. The van der Waals surface area contributed by atoms with Gasteiger partial charge in [-0.1, -0.05) is 54.6 Å². The highest BCUT2D eigenvalue weighted by Gasteiger charge is 2.32. The molecule has 7 heteroatoms. The summed E-state index contributed by atoms with van der Waals surface area (Å²) in [7, 11) is 0. The SMILES string of the molecule is O=C(Nc1ccccc1C(=O)N1CCCCC1)c1ccc([C@H]2SCC(=O)N2CCc2ccccc2)cc1. The summed E-state index contributed by atoms with van der Waals surface area (Å²) in [5.41, 5.74) is 3.76. The van der Waals surface area contributed by atoms with Gasteiger partial charge in [-0.3, -0.25) is 14.4 Å². The van der Waals surface area contributed by atoms with Gasteiger partial charge in [0.25, 0.3) is 11.8 Å². The van der Waals surface area contributed by atoms with Gasteiger partial charge in [-0.15, -0.1) is 11.8 Å². The summed E-state index contributed by atoms with van der Waals surface area (Å²) >= 11 is 1.62. The van der Waals surface area contributed by atoms with Gasteiger partial charge in [-0.25, -0.2) is 0 Å². The van der Waals surface area contributed by atoms with Crippen LogP contribution in [0.4, 0.5) is 5.69 Å². The minimum absolute atomic E-state index is 0.0375. The minimum atomic E-state index is -0.262. The summed E-state index contributed by atoms with van der Waals surface area (Å²) < 4.78 is 0. The average molecular weight is 514 g/mol. The number of carbonyl (C=O) groups is 3. The van der Waals surface area contributed by atoms with Gasteiger partial charge in [0.15, 0.2) is 0 Å². The fraction of sp³-hybridized carbons (Fsp3) is 0.300. The largest absolute Gasteiger partial charge is 0.339 e. The number of rotatable bonds is 7. The maximum atomic E-state index is 13.1. The van der Waals surface area contributed by atoms with Crippen molar-refractivity contribution in [3.05, 3.63) is 101 Å². The van der Waals surface area contributed by atoms with Crippen LogP contribution in [-0.2, 0) is 11.2 Å². The third-order valence-corrected chi connectivity index (χ3v) is 8.22. The van der Waals surface area contributed by atoms with Crippen LogP contribution in [-0.4, -0.2) is 52.9 Å². The van der Waals surface area contributed by atoms with Gasteiger partial charge in [-0.2, -0.15) is 0 Å². The lowest BCUT2D eigenvalue weighted by Gasteiger charge is -2.27. The number of hydrogen-bond donors (Lipinski definition) is 1. The molecule has 3 aromatic rings. The molecule has 2 aliphatic heterocycles. The number of nitrogens with one attached hydrogen (secondary N) is 1. The first kappa shape index (κ1) is 25.1. The first-order chi connectivity index (χ1) is 18.1. The Morgan fingerprint density at radius 3 is 2.32 bits per heavy atom. The zero-order chi connectivity index (χ0) is 25.6. The molecule has 2 saturated heterocycles. The Balaban J connectivity index is 1.25. The van der Waals surface area contributed by atoms with E-state index in [1.54, 1.807) is 36.0 Å². The van der Waals surface area contributed by atoms with Gasteiger partial charge >= 0.3 is 0 Å². The molecule has 2 heterocycles. The lowest BCUT2D eigenvalue weighted by Crippen LogP contribution is -2.36. The van der Waals surface area contributed by atoms with Crippen molar-refractivity contribution in [3.8, 4) is 0 Å². The number of nitrogens with zero attached hydrogens (tertiary/aromatic N) is 2. The van der Waals surface area contributed by atoms with Gasteiger partial charge in [0.2, 0.25) is 5.91 Å². The Kier molecular flexibility index (Phi) is 7.90. The summed E-state index contributed by atoms with van der Waals surface area (Å²) in [4.78, 5) is 42.5. The highest BCUT2D eigenvalue weighted by Crippen LogP contribution is 2.38. The number of amides is 3. The van der Waals surface area contributed by atoms with E-state index < -0.39 is 0 Å². The highest BCUT2D eigenvalue weighted by molar-refractivity contribution is 8.00. The molecule has 0 radical (unpaired) electrons. The third-order valence-electron chi connectivity index (χ3n) is 6.96. The number of likely N-dealkylation sites (tertiary alicyclic amines) is 1. The van der Waals surface area contributed by atoms with Crippen molar-refractivity contribution in [2.75, 3.05) is 30.7 Å². The van der Waals surface area contributed by atoms with Crippen LogP contribution < -0.4 is 5.32 Å². The molecule has 2 aliphatic rings. The number of anilines is 1. The third kappa shape index (κ3) is 5.88. The predicted octanol–water partition coefficient (Wildman–Crippen LogP) is 5.38. The molecule has 0 spiro atoms. The fourth-order valence-corrected chi connectivity index (χ4v) is 6.12. The van der Waals surface area contributed by atoms with Crippen molar-refractivity contribution in [3.63, 3.8) is 0 Å². The van der Waals surface area contributed by atoms with Crippen molar-refractivity contribution in [1.82, 2.24) is 9.80 Å². The zero-order valence-corrected chi connectivity index (χ0v) is 21.6. The molecule has 0 aliphatic carbocycles. The van der Waals surface area contributed by atoms with E-state index >= 15 is 0 Å². The van der Waals surface area contributed by atoms with Crippen molar-refractivity contribution in [2.24, 2.45) is 0 Å². The second-order valence-corrected chi connectivity index (χ2v) is 10.5. The Hall–Kier alpha value is -3.58. The van der Waals surface area contributed by atoms with Crippen molar-refractivity contribution < 1.29 is 14.4 Å². The lowest BCUT2D eigenvalue weighted by atomic mass is 10.1. The Morgan fingerprint density at radius 1 is 0.865 bits per heavy atom. The summed E-state index contributed by atoms with van der Waals surface area (Å²) in [5, 5.41) is 2.87. The fourth-order valence-electron chi connectivity index (χ4n) is 4.91. The van der Waals surface area contributed by atoms with Gasteiger partial charge < -0.3 is 15.1 Å². The van der Waals surface area contributed by atoms with Crippen LogP contribution in [0.2, 0.25) is 0 Å². The highest BCUT2D eigenvalue weighted by atomic mass is 32.2. The molecule has 0 bridgehead atoms. The molecular weight excluding hydrogens is 482 g/mol. The van der Waals surface area contributed by atoms with Gasteiger partial charge in [0, 0.05) is 25.2 Å². The van der Waals surface area contributed by atoms with E-state index in [-0.39, 0.29) is 23.1 Å². The average Bonchev–Trinajstić information content (AvgIpc) is 3.33. The van der Waals surface area contributed by atoms with E-state index in [2.05, 4.69) is 17.4 Å². The number of piperidine rings is 1.